The Morgan fingerprint density at radius 2 is 2.40 bits per heavy atom. The molecule has 1 aromatic rings. The Bertz CT molecular complexity index is 443. The van der Waals surface area contributed by atoms with Crippen LogP contribution in [-0.4, -0.2) is 18.5 Å². The van der Waals surface area contributed by atoms with Gasteiger partial charge in [-0.25, -0.2) is 0 Å². The van der Waals surface area contributed by atoms with Gasteiger partial charge < -0.3 is 15.1 Å². The minimum absolute atomic E-state index is 0.145. The standard InChI is InChI=1S/C16H24N2O2/c1-11(15-8-12-4-5-13(15)7-12)18-16(19)10-17-9-14-3-2-6-20-14/h2-3,6,11-13,15,17H,4-5,7-10H2,1H3,(H,18,19)/p+1/t11-,12+,13-,15+/m1/s1. The molecule has 20 heavy (non-hydrogen) atoms. The summed E-state index contributed by atoms with van der Waals surface area (Å²) < 4.78 is 5.25. The van der Waals surface area contributed by atoms with E-state index in [1.165, 1.54) is 25.7 Å². The highest BCUT2D eigenvalue weighted by molar-refractivity contribution is 5.77. The van der Waals surface area contributed by atoms with E-state index >= 15 is 0 Å². The topological polar surface area (TPSA) is 58.9 Å². The van der Waals surface area contributed by atoms with Crippen LogP contribution in [0, 0.1) is 17.8 Å². The molecule has 2 saturated carbocycles. The van der Waals surface area contributed by atoms with Gasteiger partial charge >= 0.3 is 0 Å². The van der Waals surface area contributed by atoms with Crippen molar-refractivity contribution in [3.8, 4) is 0 Å². The maximum absolute atomic E-state index is 12.0. The highest BCUT2D eigenvalue weighted by atomic mass is 16.3. The zero-order chi connectivity index (χ0) is 13.9. The van der Waals surface area contributed by atoms with Crippen LogP contribution < -0.4 is 10.6 Å². The smallest absolute Gasteiger partial charge is 0.275 e. The predicted molar refractivity (Wildman–Crippen MR) is 75.7 cm³/mol. The summed E-state index contributed by atoms with van der Waals surface area (Å²) in [5, 5.41) is 5.17. The molecular weight excluding hydrogens is 252 g/mol. The maximum atomic E-state index is 12.0. The lowest BCUT2D eigenvalue weighted by Crippen LogP contribution is -2.85. The molecule has 0 aromatic carbocycles. The summed E-state index contributed by atoms with van der Waals surface area (Å²) in [5.41, 5.74) is 0. The molecule has 1 amide bonds. The lowest BCUT2D eigenvalue weighted by molar-refractivity contribution is -0.661. The van der Waals surface area contributed by atoms with Gasteiger partial charge in [0.25, 0.3) is 5.91 Å². The van der Waals surface area contributed by atoms with Crippen LogP contribution in [0.5, 0.6) is 0 Å². The van der Waals surface area contributed by atoms with Gasteiger partial charge in [-0.05, 0) is 56.1 Å². The second-order valence-electron chi connectivity index (χ2n) is 6.47. The second-order valence-corrected chi connectivity index (χ2v) is 6.47. The summed E-state index contributed by atoms with van der Waals surface area (Å²) in [5.74, 6) is 3.57. The normalized spacial score (nSPS) is 29.6. The number of carbonyl (C=O) groups is 1. The van der Waals surface area contributed by atoms with Crippen molar-refractivity contribution in [2.24, 2.45) is 17.8 Å². The lowest BCUT2D eigenvalue weighted by atomic mass is 9.84. The van der Waals surface area contributed by atoms with Crippen molar-refractivity contribution in [1.29, 1.82) is 0 Å². The summed E-state index contributed by atoms with van der Waals surface area (Å²) in [6, 6.07) is 4.14. The van der Waals surface area contributed by atoms with Crippen molar-refractivity contribution in [2.75, 3.05) is 6.54 Å². The molecule has 2 aliphatic carbocycles. The minimum Gasteiger partial charge on any atom is -0.463 e. The molecule has 0 aliphatic heterocycles. The van der Waals surface area contributed by atoms with Gasteiger partial charge in [-0.3, -0.25) is 4.79 Å². The van der Waals surface area contributed by atoms with Crippen LogP contribution >= 0.6 is 0 Å². The van der Waals surface area contributed by atoms with E-state index in [1.807, 2.05) is 17.4 Å². The fourth-order valence-corrected chi connectivity index (χ4v) is 4.10. The number of nitrogens with one attached hydrogen (secondary N) is 1. The summed E-state index contributed by atoms with van der Waals surface area (Å²) in [6.07, 6.45) is 7.18. The van der Waals surface area contributed by atoms with E-state index in [0.29, 0.717) is 18.5 Å². The van der Waals surface area contributed by atoms with Crippen LogP contribution in [0.3, 0.4) is 0 Å². The first-order valence-corrected chi connectivity index (χ1v) is 7.86. The molecular formula is C16H25N2O2+. The molecule has 2 bridgehead atoms. The van der Waals surface area contributed by atoms with Crippen LogP contribution in [0.1, 0.15) is 38.4 Å². The van der Waals surface area contributed by atoms with E-state index in [0.717, 1.165) is 24.1 Å². The number of carbonyl (C=O) groups excluding carboxylic acids is 1. The van der Waals surface area contributed by atoms with Gasteiger partial charge in [0.15, 0.2) is 12.3 Å². The molecule has 4 atom stereocenters. The average Bonchev–Trinajstić information content (AvgIpc) is 3.15. The molecule has 1 aromatic heterocycles. The Morgan fingerprint density at radius 1 is 1.50 bits per heavy atom. The molecule has 0 saturated heterocycles. The molecule has 3 rings (SSSR count). The highest BCUT2D eigenvalue weighted by Crippen LogP contribution is 2.49. The van der Waals surface area contributed by atoms with E-state index in [4.69, 9.17) is 4.42 Å². The van der Waals surface area contributed by atoms with Crippen LogP contribution in [-0.2, 0) is 11.3 Å². The molecule has 0 radical (unpaired) electrons. The maximum Gasteiger partial charge on any atom is 0.275 e. The Kier molecular flexibility index (Phi) is 4.10. The largest absolute Gasteiger partial charge is 0.463 e. The average molecular weight is 277 g/mol. The number of rotatable bonds is 6. The van der Waals surface area contributed by atoms with E-state index in [9.17, 15) is 4.79 Å². The number of nitrogens with two attached hydrogens (primary N) is 1. The van der Waals surface area contributed by atoms with Crippen LogP contribution in [0.2, 0.25) is 0 Å². The van der Waals surface area contributed by atoms with Crippen molar-refractivity contribution in [3.63, 3.8) is 0 Å². The Hall–Kier alpha value is -1.29. The number of hydrogen-bond acceptors (Lipinski definition) is 2. The van der Waals surface area contributed by atoms with Gasteiger partial charge in [-0.2, -0.15) is 0 Å². The fourth-order valence-electron chi connectivity index (χ4n) is 4.10. The lowest BCUT2D eigenvalue weighted by Gasteiger charge is -2.28. The van der Waals surface area contributed by atoms with Crippen molar-refractivity contribution in [1.82, 2.24) is 5.32 Å². The summed E-state index contributed by atoms with van der Waals surface area (Å²) >= 11 is 0. The third-order valence-electron chi connectivity index (χ3n) is 5.08. The Morgan fingerprint density at radius 3 is 3.05 bits per heavy atom. The molecule has 1 heterocycles. The number of amides is 1. The first-order chi connectivity index (χ1) is 9.72. The summed E-state index contributed by atoms with van der Waals surface area (Å²) in [6.45, 7) is 3.38. The molecule has 3 N–H and O–H groups in total. The Labute approximate surface area is 120 Å². The predicted octanol–water partition coefficient (Wildman–Crippen LogP) is 1.28. The molecule has 2 fully saturated rings. The van der Waals surface area contributed by atoms with Gasteiger partial charge in [-0.1, -0.05) is 6.42 Å². The first kappa shape index (κ1) is 13.7. The highest BCUT2D eigenvalue weighted by Gasteiger charge is 2.42. The van der Waals surface area contributed by atoms with E-state index < -0.39 is 0 Å². The van der Waals surface area contributed by atoms with Crippen LogP contribution in [0.15, 0.2) is 22.8 Å². The van der Waals surface area contributed by atoms with E-state index in [1.54, 1.807) is 6.26 Å². The zero-order valence-electron chi connectivity index (χ0n) is 12.2. The monoisotopic (exact) mass is 277 g/mol. The van der Waals surface area contributed by atoms with Crippen LogP contribution in [0.4, 0.5) is 0 Å². The third-order valence-corrected chi connectivity index (χ3v) is 5.08. The van der Waals surface area contributed by atoms with Crippen molar-refractivity contribution < 1.29 is 14.5 Å². The van der Waals surface area contributed by atoms with Crippen molar-refractivity contribution in [3.05, 3.63) is 24.2 Å². The van der Waals surface area contributed by atoms with Gasteiger partial charge in [-0.15, -0.1) is 0 Å². The quantitative estimate of drug-likeness (QED) is 0.823. The number of furan rings is 1. The van der Waals surface area contributed by atoms with Crippen LogP contribution in [0.25, 0.3) is 0 Å². The second kappa shape index (κ2) is 6.00. The summed E-state index contributed by atoms with van der Waals surface area (Å²) in [4.78, 5) is 12.0. The minimum atomic E-state index is 0.145. The molecule has 0 unspecified atom stereocenters. The van der Waals surface area contributed by atoms with Gasteiger partial charge in [0.1, 0.15) is 6.54 Å². The number of hydrogen-bond donors (Lipinski definition) is 2. The Balaban J connectivity index is 1.38. The van der Waals surface area contributed by atoms with E-state index in [-0.39, 0.29) is 5.91 Å². The SMILES string of the molecule is C[C@@H](NC(=O)C[NH2+]Cc1ccco1)[C@@H]1C[C@H]2CC[C@@H]1C2. The fraction of sp³-hybridized carbons (Fsp3) is 0.688. The molecule has 0 spiro atoms. The molecule has 4 heteroatoms. The molecule has 4 nitrogen and oxygen atoms in total. The number of quaternary nitrogens is 1. The molecule has 110 valence electrons. The van der Waals surface area contributed by atoms with Gasteiger partial charge in [0.05, 0.1) is 6.26 Å². The third kappa shape index (κ3) is 3.06. The van der Waals surface area contributed by atoms with Gasteiger partial charge in [0, 0.05) is 6.04 Å². The van der Waals surface area contributed by atoms with Crippen molar-refractivity contribution in [2.45, 2.75) is 45.2 Å². The first-order valence-electron chi connectivity index (χ1n) is 7.86. The van der Waals surface area contributed by atoms with E-state index in [2.05, 4.69) is 12.2 Å². The zero-order valence-corrected chi connectivity index (χ0v) is 12.2. The summed E-state index contributed by atoms with van der Waals surface area (Å²) in [7, 11) is 0. The van der Waals surface area contributed by atoms with Gasteiger partial charge in [0.2, 0.25) is 0 Å². The molecule has 2 aliphatic rings. The van der Waals surface area contributed by atoms with Crippen molar-refractivity contribution >= 4 is 5.91 Å². The number of fused-ring (bicyclic) bond motifs is 2.